The first-order chi connectivity index (χ1) is 10.2. The van der Waals surface area contributed by atoms with E-state index in [2.05, 4.69) is 17.9 Å². The predicted molar refractivity (Wildman–Crippen MR) is 87.8 cm³/mol. The molecule has 0 aromatic heterocycles. The van der Waals surface area contributed by atoms with E-state index in [4.69, 9.17) is 21.1 Å². The lowest BCUT2D eigenvalue weighted by atomic mass is 10.3. The van der Waals surface area contributed by atoms with Crippen LogP contribution >= 0.6 is 11.6 Å². The lowest BCUT2D eigenvalue weighted by Crippen LogP contribution is -2.27. The first kappa shape index (κ1) is 15.5. The predicted octanol–water partition coefficient (Wildman–Crippen LogP) is 4.25. The summed E-state index contributed by atoms with van der Waals surface area (Å²) in [5.41, 5.74) is 1.11. The van der Waals surface area contributed by atoms with Gasteiger partial charge < -0.3 is 14.4 Å². The van der Waals surface area contributed by atoms with Crippen molar-refractivity contribution in [1.82, 2.24) is 0 Å². The molecular formula is C17H20ClNO2. The molecule has 0 saturated heterocycles. The fourth-order valence-electron chi connectivity index (χ4n) is 2.09. The van der Waals surface area contributed by atoms with Crippen molar-refractivity contribution in [1.29, 1.82) is 0 Å². The third-order valence-electron chi connectivity index (χ3n) is 3.24. The second kappa shape index (κ2) is 7.79. The van der Waals surface area contributed by atoms with Gasteiger partial charge in [0.05, 0.1) is 13.7 Å². The van der Waals surface area contributed by atoms with Crippen LogP contribution in [0.15, 0.2) is 48.5 Å². The van der Waals surface area contributed by atoms with Crippen LogP contribution in [-0.2, 0) is 0 Å². The quantitative estimate of drug-likeness (QED) is 0.763. The molecule has 0 spiro atoms. The van der Waals surface area contributed by atoms with Gasteiger partial charge in [0.2, 0.25) is 0 Å². The lowest BCUT2D eigenvalue weighted by molar-refractivity contribution is 0.323. The third-order valence-corrected chi connectivity index (χ3v) is 3.48. The summed E-state index contributed by atoms with van der Waals surface area (Å²) in [6.07, 6.45) is 0. The number of hydrogen-bond donors (Lipinski definition) is 0. The molecule has 0 saturated carbocycles. The number of likely N-dealkylation sites (N-methyl/N-ethyl adjacent to an activating group) is 1. The van der Waals surface area contributed by atoms with Crippen molar-refractivity contribution in [3.05, 3.63) is 53.6 Å². The van der Waals surface area contributed by atoms with Crippen molar-refractivity contribution in [2.45, 2.75) is 6.92 Å². The van der Waals surface area contributed by atoms with Crippen LogP contribution in [0, 0.1) is 0 Å². The largest absolute Gasteiger partial charge is 0.497 e. The molecule has 0 fully saturated rings. The van der Waals surface area contributed by atoms with E-state index in [9.17, 15) is 0 Å². The zero-order chi connectivity index (χ0) is 15.1. The van der Waals surface area contributed by atoms with Gasteiger partial charge in [-0.15, -0.1) is 0 Å². The molecule has 0 unspecified atom stereocenters. The molecule has 0 aliphatic rings. The average Bonchev–Trinajstić information content (AvgIpc) is 2.52. The first-order valence-corrected chi connectivity index (χ1v) is 7.38. The number of ether oxygens (including phenoxy) is 2. The molecule has 0 aliphatic carbocycles. The average molecular weight is 306 g/mol. The minimum atomic E-state index is 0.618. The van der Waals surface area contributed by atoms with Crippen molar-refractivity contribution < 1.29 is 9.47 Å². The highest BCUT2D eigenvalue weighted by Gasteiger charge is 2.05. The van der Waals surface area contributed by atoms with E-state index in [1.54, 1.807) is 7.11 Å². The van der Waals surface area contributed by atoms with Crippen LogP contribution < -0.4 is 14.4 Å². The highest BCUT2D eigenvalue weighted by atomic mass is 35.5. The topological polar surface area (TPSA) is 21.7 Å². The van der Waals surface area contributed by atoms with Gasteiger partial charge in [0.1, 0.15) is 18.1 Å². The fourth-order valence-corrected chi connectivity index (χ4v) is 2.27. The number of anilines is 1. The van der Waals surface area contributed by atoms with Gasteiger partial charge in [-0.1, -0.05) is 17.7 Å². The number of halogens is 1. The Morgan fingerprint density at radius 1 is 1.05 bits per heavy atom. The van der Waals surface area contributed by atoms with E-state index in [1.165, 1.54) is 0 Å². The van der Waals surface area contributed by atoms with E-state index in [-0.39, 0.29) is 0 Å². The van der Waals surface area contributed by atoms with Crippen LogP contribution in [0.3, 0.4) is 0 Å². The molecule has 0 N–H and O–H groups in total. The summed E-state index contributed by atoms with van der Waals surface area (Å²) in [6, 6.07) is 15.5. The molecule has 0 bridgehead atoms. The molecule has 2 aromatic rings. The maximum Gasteiger partial charge on any atom is 0.119 e. The monoisotopic (exact) mass is 305 g/mol. The summed E-state index contributed by atoms with van der Waals surface area (Å²) in [5.74, 6) is 1.68. The van der Waals surface area contributed by atoms with Crippen molar-refractivity contribution in [2.24, 2.45) is 0 Å². The number of rotatable bonds is 7. The Morgan fingerprint density at radius 2 is 1.76 bits per heavy atom. The molecule has 2 aromatic carbocycles. The fraction of sp³-hybridized carbons (Fsp3) is 0.294. The zero-order valence-corrected chi connectivity index (χ0v) is 13.1. The molecule has 3 nitrogen and oxygen atoms in total. The zero-order valence-electron chi connectivity index (χ0n) is 12.4. The summed E-state index contributed by atoms with van der Waals surface area (Å²) in [7, 11) is 1.65. The lowest BCUT2D eigenvalue weighted by Gasteiger charge is -2.23. The Hall–Kier alpha value is -1.87. The Labute approximate surface area is 131 Å². The third kappa shape index (κ3) is 4.57. The Balaban J connectivity index is 1.88. The minimum absolute atomic E-state index is 0.618. The van der Waals surface area contributed by atoms with Gasteiger partial charge in [-0.2, -0.15) is 0 Å². The van der Waals surface area contributed by atoms with Crippen LogP contribution in [0.25, 0.3) is 0 Å². The Kier molecular flexibility index (Phi) is 5.76. The van der Waals surface area contributed by atoms with E-state index in [0.717, 1.165) is 35.3 Å². The minimum Gasteiger partial charge on any atom is -0.497 e. The van der Waals surface area contributed by atoms with Crippen molar-refractivity contribution in [2.75, 3.05) is 31.7 Å². The summed E-state index contributed by atoms with van der Waals surface area (Å²) >= 11 is 6.03. The maximum atomic E-state index is 6.03. The van der Waals surface area contributed by atoms with Crippen molar-refractivity contribution in [3.63, 3.8) is 0 Å². The molecule has 21 heavy (non-hydrogen) atoms. The highest BCUT2D eigenvalue weighted by molar-refractivity contribution is 6.30. The normalized spacial score (nSPS) is 10.2. The first-order valence-electron chi connectivity index (χ1n) is 7.00. The molecule has 0 heterocycles. The second-order valence-corrected chi connectivity index (χ2v) is 5.02. The number of nitrogens with zero attached hydrogens (tertiary/aromatic N) is 1. The molecule has 0 aliphatic heterocycles. The second-order valence-electron chi connectivity index (χ2n) is 4.58. The maximum absolute atomic E-state index is 6.03. The molecule has 0 radical (unpaired) electrons. The van der Waals surface area contributed by atoms with Gasteiger partial charge in [-0.05, 0) is 49.4 Å². The summed E-state index contributed by atoms with van der Waals surface area (Å²) in [4.78, 5) is 2.23. The standard InChI is InChI=1S/C17H20ClNO2/c1-3-19(15-6-4-5-14(18)13-15)11-12-21-17-9-7-16(20-2)8-10-17/h4-10,13H,3,11-12H2,1-2H3. The number of methoxy groups -OCH3 is 1. The van der Waals surface area contributed by atoms with Gasteiger partial charge >= 0.3 is 0 Å². The van der Waals surface area contributed by atoms with Crippen molar-refractivity contribution >= 4 is 17.3 Å². The van der Waals surface area contributed by atoms with Crippen LogP contribution in [0.1, 0.15) is 6.92 Å². The van der Waals surface area contributed by atoms with Crippen molar-refractivity contribution in [3.8, 4) is 11.5 Å². The summed E-state index contributed by atoms with van der Waals surface area (Å²) in [5, 5.41) is 0.752. The molecule has 4 heteroatoms. The van der Waals surface area contributed by atoms with Crippen LogP contribution in [0.4, 0.5) is 5.69 Å². The van der Waals surface area contributed by atoms with Crippen LogP contribution in [0.5, 0.6) is 11.5 Å². The van der Waals surface area contributed by atoms with E-state index in [0.29, 0.717) is 6.61 Å². The molecule has 2 rings (SSSR count). The Morgan fingerprint density at radius 3 is 2.38 bits per heavy atom. The van der Waals surface area contributed by atoms with Gasteiger partial charge in [-0.25, -0.2) is 0 Å². The molecule has 112 valence electrons. The number of hydrogen-bond acceptors (Lipinski definition) is 3. The van der Waals surface area contributed by atoms with E-state index < -0.39 is 0 Å². The van der Waals surface area contributed by atoms with E-state index >= 15 is 0 Å². The smallest absolute Gasteiger partial charge is 0.119 e. The van der Waals surface area contributed by atoms with Crippen LogP contribution in [0.2, 0.25) is 5.02 Å². The van der Waals surface area contributed by atoms with E-state index in [1.807, 2.05) is 42.5 Å². The molecule has 0 amide bonds. The van der Waals surface area contributed by atoms with Gasteiger partial charge in [0.15, 0.2) is 0 Å². The van der Waals surface area contributed by atoms with Crippen LogP contribution in [-0.4, -0.2) is 26.8 Å². The molecule has 0 atom stereocenters. The summed E-state index contributed by atoms with van der Waals surface area (Å²) in [6.45, 7) is 4.45. The van der Waals surface area contributed by atoms with Gasteiger partial charge in [0, 0.05) is 17.3 Å². The molecular weight excluding hydrogens is 286 g/mol. The van der Waals surface area contributed by atoms with Gasteiger partial charge in [-0.3, -0.25) is 0 Å². The number of benzene rings is 2. The van der Waals surface area contributed by atoms with Gasteiger partial charge in [0.25, 0.3) is 0 Å². The Bertz CT molecular complexity index is 557. The highest BCUT2D eigenvalue weighted by Crippen LogP contribution is 2.20. The SMILES string of the molecule is CCN(CCOc1ccc(OC)cc1)c1cccc(Cl)c1. The summed E-state index contributed by atoms with van der Waals surface area (Å²) < 4.78 is 10.9.